The number of pyridine rings is 1. The van der Waals surface area contributed by atoms with Crippen molar-refractivity contribution >= 4 is 11.5 Å². The molecule has 2 atom stereocenters. The summed E-state index contributed by atoms with van der Waals surface area (Å²) in [6.07, 6.45) is 6.09. The zero-order valence-electron chi connectivity index (χ0n) is 11.6. The van der Waals surface area contributed by atoms with Crippen LogP contribution in [0.5, 0.6) is 0 Å². The van der Waals surface area contributed by atoms with E-state index in [1.165, 1.54) is 19.0 Å². The fourth-order valence-corrected chi connectivity index (χ4v) is 2.93. The average molecular weight is 263 g/mol. The predicted molar refractivity (Wildman–Crippen MR) is 75.3 cm³/mol. The molecule has 0 bridgehead atoms. The molecule has 0 amide bonds. The standard InChI is InChI=1S/C14H21N3O2/c1-3-5-13-11(2)6-4-9-16(13)14-8-7-12(10-15-14)17(18)19/h7-8,10-11,13H,3-6,9H2,1-2H3/t11-,13+/m0/s1. The normalized spacial score (nSPS) is 23.4. The van der Waals surface area contributed by atoms with Gasteiger partial charge in [-0.15, -0.1) is 0 Å². The van der Waals surface area contributed by atoms with Crippen molar-refractivity contribution in [2.45, 2.75) is 45.6 Å². The van der Waals surface area contributed by atoms with Crippen molar-refractivity contribution in [2.75, 3.05) is 11.4 Å². The molecule has 1 aliphatic rings. The summed E-state index contributed by atoms with van der Waals surface area (Å²) in [7, 11) is 0. The third kappa shape index (κ3) is 3.03. The summed E-state index contributed by atoms with van der Waals surface area (Å²) < 4.78 is 0. The Hall–Kier alpha value is -1.65. The molecular weight excluding hydrogens is 242 g/mol. The molecule has 0 N–H and O–H groups in total. The highest BCUT2D eigenvalue weighted by atomic mass is 16.6. The summed E-state index contributed by atoms with van der Waals surface area (Å²) in [6, 6.07) is 3.83. The van der Waals surface area contributed by atoms with E-state index in [2.05, 4.69) is 23.7 Å². The number of hydrogen-bond acceptors (Lipinski definition) is 4. The Morgan fingerprint density at radius 2 is 2.32 bits per heavy atom. The van der Waals surface area contributed by atoms with Crippen molar-refractivity contribution in [3.63, 3.8) is 0 Å². The molecule has 0 unspecified atom stereocenters. The second-order valence-corrected chi connectivity index (χ2v) is 5.30. The molecule has 19 heavy (non-hydrogen) atoms. The van der Waals surface area contributed by atoms with Crippen molar-refractivity contribution < 1.29 is 4.92 Å². The number of nitro groups is 1. The lowest BCUT2D eigenvalue weighted by atomic mass is 9.88. The van der Waals surface area contributed by atoms with Gasteiger partial charge in [0.25, 0.3) is 5.69 Å². The minimum atomic E-state index is -0.404. The van der Waals surface area contributed by atoms with Crippen LogP contribution in [-0.4, -0.2) is 22.5 Å². The van der Waals surface area contributed by atoms with Gasteiger partial charge in [0.1, 0.15) is 12.0 Å². The molecule has 104 valence electrons. The third-order valence-electron chi connectivity index (χ3n) is 3.94. The second kappa shape index (κ2) is 5.99. The van der Waals surface area contributed by atoms with Crippen LogP contribution >= 0.6 is 0 Å². The monoisotopic (exact) mass is 263 g/mol. The Kier molecular flexibility index (Phi) is 4.35. The minimum Gasteiger partial charge on any atom is -0.353 e. The molecule has 0 aliphatic carbocycles. The number of rotatable bonds is 4. The van der Waals surface area contributed by atoms with E-state index in [4.69, 9.17) is 0 Å². The van der Waals surface area contributed by atoms with Crippen LogP contribution in [0.25, 0.3) is 0 Å². The summed E-state index contributed by atoms with van der Waals surface area (Å²) >= 11 is 0. The molecule has 1 saturated heterocycles. The molecule has 5 heteroatoms. The largest absolute Gasteiger partial charge is 0.353 e. The predicted octanol–water partition coefficient (Wildman–Crippen LogP) is 3.39. The summed E-state index contributed by atoms with van der Waals surface area (Å²) in [6.45, 7) is 5.49. The zero-order valence-corrected chi connectivity index (χ0v) is 11.6. The van der Waals surface area contributed by atoms with E-state index in [9.17, 15) is 10.1 Å². The number of anilines is 1. The molecule has 0 radical (unpaired) electrons. The number of nitrogens with zero attached hydrogens (tertiary/aromatic N) is 3. The molecule has 0 aromatic carbocycles. The van der Waals surface area contributed by atoms with Crippen LogP contribution in [0.1, 0.15) is 39.5 Å². The lowest BCUT2D eigenvalue weighted by Crippen LogP contribution is -2.44. The number of hydrogen-bond donors (Lipinski definition) is 0. The minimum absolute atomic E-state index is 0.0563. The van der Waals surface area contributed by atoms with Gasteiger partial charge in [-0.25, -0.2) is 4.98 Å². The van der Waals surface area contributed by atoms with Crippen molar-refractivity contribution in [2.24, 2.45) is 5.92 Å². The van der Waals surface area contributed by atoms with Gasteiger partial charge in [0.15, 0.2) is 0 Å². The summed E-state index contributed by atoms with van der Waals surface area (Å²) in [5.74, 6) is 1.53. The van der Waals surface area contributed by atoms with Crippen molar-refractivity contribution in [1.29, 1.82) is 0 Å². The van der Waals surface area contributed by atoms with Crippen LogP contribution in [0.2, 0.25) is 0 Å². The van der Waals surface area contributed by atoms with Gasteiger partial charge in [-0.3, -0.25) is 10.1 Å². The van der Waals surface area contributed by atoms with Gasteiger partial charge in [0.05, 0.1) is 4.92 Å². The molecule has 2 heterocycles. The first-order chi connectivity index (χ1) is 9.13. The maximum Gasteiger partial charge on any atom is 0.287 e. The number of piperidine rings is 1. The molecule has 0 spiro atoms. The quantitative estimate of drug-likeness (QED) is 0.617. The van der Waals surface area contributed by atoms with Crippen LogP contribution in [0, 0.1) is 16.0 Å². The van der Waals surface area contributed by atoms with E-state index in [1.54, 1.807) is 12.1 Å². The van der Waals surface area contributed by atoms with Gasteiger partial charge < -0.3 is 4.90 Å². The first kappa shape index (κ1) is 13.8. The first-order valence-corrected chi connectivity index (χ1v) is 7.00. The third-order valence-corrected chi connectivity index (χ3v) is 3.94. The van der Waals surface area contributed by atoms with E-state index in [0.717, 1.165) is 25.2 Å². The molecule has 1 aromatic heterocycles. The van der Waals surface area contributed by atoms with Gasteiger partial charge in [0.2, 0.25) is 0 Å². The Morgan fingerprint density at radius 1 is 1.53 bits per heavy atom. The van der Waals surface area contributed by atoms with Gasteiger partial charge in [-0.2, -0.15) is 0 Å². The Bertz CT molecular complexity index is 433. The van der Waals surface area contributed by atoms with E-state index < -0.39 is 4.92 Å². The Balaban J connectivity index is 2.20. The van der Waals surface area contributed by atoms with Crippen molar-refractivity contribution in [1.82, 2.24) is 4.98 Å². The van der Waals surface area contributed by atoms with Crippen molar-refractivity contribution in [3.05, 3.63) is 28.4 Å². The van der Waals surface area contributed by atoms with Gasteiger partial charge >= 0.3 is 0 Å². The average Bonchev–Trinajstić information content (AvgIpc) is 2.41. The molecule has 1 aliphatic heterocycles. The fourth-order valence-electron chi connectivity index (χ4n) is 2.93. The SMILES string of the molecule is CCC[C@@H]1[C@@H](C)CCCN1c1ccc([N+](=O)[O-])cn1. The van der Waals surface area contributed by atoms with E-state index in [-0.39, 0.29) is 5.69 Å². The molecule has 1 fully saturated rings. The number of aromatic nitrogens is 1. The summed E-state index contributed by atoms with van der Waals surface area (Å²) in [5, 5.41) is 10.7. The molecule has 5 nitrogen and oxygen atoms in total. The van der Waals surface area contributed by atoms with Gasteiger partial charge in [0, 0.05) is 18.7 Å². The Morgan fingerprint density at radius 3 is 2.89 bits per heavy atom. The first-order valence-electron chi connectivity index (χ1n) is 7.00. The van der Waals surface area contributed by atoms with Gasteiger partial charge in [-0.05, 0) is 31.2 Å². The molecule has 2 rings (SSSR count). The lowest BCUT2D eigenvalue weighted by molar-refractivity contribution is -0.385. The van der Waals surface area contributed by atoms with E-state index in [0.29, 0.717) is 12.0 Å². The fraction of sp³-hybridized carbons (Fsp3) is 0.643. The maximum atomic E-state index is 10.7. The highest BCUT2D eigenvalue weighted by Gasteiger charge is 2.28. The lowest BCUT2D eigenvalue weighted by Gasteiger charge is -2.41. The molecule has 1 aromatic rings. The maximum absolute atomic E-state index is 10.7. The van der Waals surface area contributed by atoms with E-state index >= 15 is 0 Å². The highest BCUT2D eigenvalue weighted by molar-refractivity contribution is 5.44. The molecular formula is C14H21N3O2. The smallest absolute Gasteiger partial charge is 0.287 e. The highest BCUT2D eigenvalue weighted by Crippen LogP contribution is 2.30. The zero-order chi connectivity index (χ0) is 13.8. The van der Waals surface area contributed by atoms with E-state index in [1.807, 2.05) is 0 Å². The van der Waals surface area contributed by atoms with Crippen molar-refractivity contribution in [3.8, 4) is 0 Å². The summed E-state index contributed by atoms with van der Waals surface area (Å²) in [5.41, 5.74) is 0.0563. The molecule has 0 saturated carbocycles. The second-order valence-electron chi connectivity index (χ2n) is 5.30. The Labute approximate surface area is 113 Å². The van der Waals surface area contributed by atoms with Gasteiger partial charge in [-0.1, -0.05) is 20.3 Å². The van der Waals surface area contributed by atoms with Crippen LogP contribution in [0.3, 0.4) is 0 Å². The van der Waals surface area contributed by atoms with Crippen LogP contribution in [0.4, 0.5) is 11.5 Å². The summed E-state index contributed by atoms with van der Waals surface area (Å²) in [4.78, 5) is 16.9. The topological polar surface area (TPSA) is 59.3 Å². The van der Waals surface area contributed by atoms with Crippen LogP contribution < -0.4 is 4.90 Å². The van der Waals surface area contributed by atoms with Crippen LogP contribution in [-0.2, 0) is 0 Å². The van der Waals surface area contributed by atoms with Crippen LogP contribution in [0.15, 0.2) is 18.3 Å².